The number of aromatic nitrogens is 1. The maximum atomic E-state index is 14.7. The fourth-order valence-electron chi connectivity index (χ4n) is 8.60. The lowest BCUT2D eigenvalue weighted by Crippen LogP contribution is -2.50. The Bertz CT molecular complexity index is 2330. The van der Waals surface area contributed by atoms with E-state index in [1.54, 1.807) is 17.4 Å². The van der Waals surface area contributed by atoms with Gasteiger partial charge < -0.3 is 30.7 Å². The zero-order chi connectivity index (χ0) is 50.1. The third-order valence-corrected chi connectivity index (χ3v) is 14.3. The number of halogens is 4. The summed E-state index contributed by atoms with van der Waals surface area (Å²) in [7, 11) is 0. The molecule has 0 unspecified atom stereocenters. The van der Waals surface area contributed by atoms with Crippen molar-refractivity contribution in [2.75, 3.05) is 38.2 Å². The Kier molecular flexibility index (Phi) is 22.1. The molecule has 4 atom stereocenters. The first-order valence-corrected chi connectivity index (χ1v) is 26.2. The number of carbonyl (C=O) groups is 4. The number of amides is 2. The number of carbonyl (C=O) groups excluding carboxylic acids is 4. The van der Waals surface area contributed by atoms with Crippen molar-refractivity contribution in [1.82, 2.24) is 20.5 Å². The number of nitrogens with one attached hydrogen (secondary N) is 3. The summed E-state index contributed by atoms with van der Waals surface area (Å²) < 4.78 is 49.3. The van der Waals surface area contributed by atoms with E-state index in [2.05, 4.69) is 20.9 Å². The Morgan fingerprint density at radius 3 is 2.22 bits per heavy atom. The second-order valence-corrected chi connectivity index (χ2v) is 21.3. The topological polar surface area (TPSA) is 150 Å². The quantitative estimate of drug-likeness (QED) is 0.0248. The predicted octanol–water partition coefficient (Wildman–Crippen LogP) is 11.4. The van der Waals surface area contributed by atoms with Crippen LogP contribution in [0.4, 0.5) is 24.5 Å². The fraction of sp³-hybridized carbons (Fsp3) is 0.528. The van der Waals surface area contributed by atoms with Crippen LogP contribution in [0.1, 0.15) is 139 Å². The summed E-state index contributed by atoms with van der Waals surface area (Å²) in [6, 6.07) is 13.1. The Balaban J connectivity index is 0.898. The third kappa shape index (κ3) is 17.0. The van der Waals surface area contributed by atoms with Crippen LogP contribution in [0.25, 0.3) is 10.4 Å². The molecular formula is C53H69F3IN5O6S. The van der Waals surface area contributed by atoms with E-state index >= 15 is 0 Å². The molecule has 376 valence electrons. The molecule has 1 saturated heterocycles. The number of unbranched alkanes of at least 4 members (excludes halogenated alkanes) is 8. The van der Waals surface area contributed by atoms with E-state index in [4.69, 9.17) is 4.74 Å². The second kappa shape index (κ2) is 27.4. The van der Waals surface area contributed by atoms with E-state index in [9.17, 15) is 37.5 Å². The van der Waals surface area contributed by atoms with Crippen LogP contribution in [0.5, 0.6) is 0 Å². The summed E-state index contributed by atoms with van der Waals surface area (Å²) >= 11 is 3.52. The molecule has 2 heterocycles. The molecular weight excluding hydrogens is 1020 g/mol. The number of anilines is 2. The minimum atomic E-state index is -1.27. The van der Waals surface area contributed by atoms with Crippen molar-refractivity contribution in [1.29, 1.82) is 0 Å². The normalized spacial score (nSPS) is 15.8. The van der Waals surface area contributed by atoms with E-state index in [0.29, 0.717) is 29.6 Å². The zero-order valence-corrected chi connectivity index (χ0v) is 43.6. The molecule has 4 N–H and O–H groups in total. The maximum Gasteiger partial charge on any atom is 0.243 e. The molecule has 0 spiro atoms. The van der Waals surface area contributed by atoms with Gasteiger partial charge in [-0.15, -0.1) is 11.3 Å². The number of aliphatic hydroxyl groups excluding tert-OH is 1. The van der Waals surface area contributed by atoms with E-state index < -0.39 is 52.4 Å². The second-order valence-electron chi connectivity index (χ2n) is 19.2. The van der Waals surface area contributed by atoms with Gasteiger partial charge in [-0.2, -0.15) is 0 Å². The van der Waals surface area contributed by atoms with Gasteiger partial charge in [-0.3, -0.25) is 19.2 Å². The van der Waals surface area contributed by atoms with Crippen molar-refractivity contribution in [3.8, 4) is 10.4 Å². The van der Waals surface area contributed by atoms with Gasteiger partial charge in [0, 0.05) is 47.5 Å². The van der Waals surface area contributed by atoms with Gasteiger partial charge in [-0.1, -0.05) is 90.0 Å². The van der Waals surface area contributed by atoms with Crippen LogP contribution in [0, 0.1) is 39.3 Å². The van der Waals surface area contributed by atoms with E-state index in [-0.39, 0.29) is 60.9 Å². The molecule has 11 nitrogen and oxygen atoms in total. The molecule has 4 aromatic rings. The zero-order valence-electron chi connectivity index (χ0n) is 40.6. The van der Waals surface area contributed by atoms with Gasteiger partial charge in [-0.05, 0) is 116 Å². The van der Waals surface area contributed by atoms with Gasteiger partial charge in [0.15, 0.2) is 17.4 Å². The molecule has 0 radical (unpaired) electrons. The van der Waals surface area contributed by atoms with Crippen molar-refractivity contribution < 1.29 is 42.2 Å². The standard InChI is InChI=1S/C53H69F3IN5O6S/c1-34(36-17-19-37(20-18-36)50-35(2)59-33-69-50)60-51(66)46-30-40(64)31-62(46)52(67)42(53(3,4)5)29-39(63)16-13-11-9-7-6-8-10-12-14-25-58-26-15-27-68-32-47(65)41-22-23-43(54)48(56)49(41)61-45-24-21-38(57)28-44(45)55/h17-24,28,33-34,40,42,46,58,61,64H,6-16,25-27,29-32H2,1-5H3,(H,60,66)/t34-,40+,42+,46-/m0/s1. The summed E-state index contributed by atoms with van der Waals surface area (Å²) in [5.74, 6) is -4.77. The highest BCUT2D eigenvalue weighted by atomic mass is 127. The van der Waals surface area contributed by atoms with Crippen molar-refractivity contribution in [3.05, 3.63) is 98.0 Å². The number of benzene rings is 3. The van der Waals surface area contributed by atoms with Crippen LogP contribution >= 0.6 is 33.9 Å². The Hall–Kier alpha value is -4.23. The highest BCUT2D eigenvalue weighted by Crippen LogP contribution is 2.35. The smallest absolute Gasteiger partial charge is 0.243 e. The molecule has 1 aliphatic heterocycles. The summed E-state index contributed by atoms with van der Waals surface area (Å²) in [6.07, 6.45) is 9.98. The minimum Gasteiger partial charge on any atom is -0.391 e. The summed E-state index contributed by atoms with van der Waals surface area (Å²) in [5.41, 5.74) is 3.63. The molecule has 0 saturated carbocycles. The SMILES string of the molecule is Cc1ncsc1-c1ccc([C@H](C)NC(=O)[C@@H]2C[C@@H](O)CN2C(=O)[C@@H](CC(=O)CCCCCCCCCCCNCCCOCC(=O)c2ccc(F)c(F)c2Nc2ccc(I)cc2F)C(C)(C)C)cc1. The van der Waals surface area contributed by atoms with Crippen LogP contribution in [0.2, 0.25) is 0 Å². The Labute approximate surface area is 423 Å². The number of β-amino-alcohol motifs (C(OH)–C–C–N with tert-alkyl or cyclic N) is 1. The number of hydrogen-bond acceptors (Lipinski definition) is 10. The first kappa shape index (κ1) is 55.7. The summed E-state index contributed by atoms with van der Waals surface area (Å²) in [5, 5.41) is 19.6. The van der Waals surface area contributed by atoms with E-state index in [1.165, 1.54) is 23.1 Å². The van der Waals surface area contributed by atoms with Gasteiger partial charge in [0.1, 0.15) is 24.2 Å². The van der Waals surface area contributed by atoms with Crippen molar-refractivity contribution in [2.24, 2.45) is 11.3 Å². The highest BCUT2D eigenvalue weighted by molar-refractivity contribution is 14.1. The number of Topliss-reactive ketones (excluding diaryl/α,β-unsaturated/α-hetero) is 2. The molecule has 69 heavy (non-hydrogen) atoms. The third-order valence-electron chi connectivity index (χ3n) is 12.7. The minimum absolute atomic E-state index is 0.0473. The number of rotatable bonds is 28. The summed E-state index contributed by atoms with van der Waals surface area (Å²) in [4.78, 5) is 60.8. The number of hydrogen-bond donors (Lipinski definition) is 4. The lowest BCUT2D eigenvalue weighted by atomic mass is 9.76. The van der Waals surface area contributed by atoms with Crippen LogP contribution in [-0.4, -0.2) is 83.4 Å². The molecule has 2 amide bonds. The number of ether oxygens (including phenoxy) is 1. The molecule has 5 rings (SSSR count). The van der Waals surface area contributed by atoms with Crippen molar-refractivity contribution in [2.45, 2.75) is 136 Å². The largest absolute Gasteiger partial charge is 0.391 e. The number of likely N-dealkylation sites (tertiary alicyclic amines) is 1. The van der Waals surface area contributed by atoms with Gasteiger partial charge in [-0.25, -0.2) is 18.2 Å². The molecule has 0 aliphatic carbocycles. The monoisotopic (exact) mass is 1090 g/mol. The first-order chi connectivity index (χ1) is 32.9. The van der Waals surface area contributed by atoms with Crippen LogP contribution in [-0.2, 0) is 19.1 Å². The predicted molar refractivity (Wildman–Crippen MR) is 275 cm³/mol. The van der Waals surface area contributed by atoms with Gasteiger partial charge in [0.05, 0.1) is 39.6 Å². The van der Waals surface area contributed by atoms with Gasteiger partial charge >= 0.3 is 0 Å². The van der Waals surface area contributed by atoms with E-state index in [1.807, 2.05) is 87.0 Å². The fourth-order valence-corrected chi connectivity index (χ4v) is 9.87. The molecule has 1 aliphatic rings. The van der Waals surface area contributed by atoms with E-state index in [0.717, 1.165) is 92.1 Å². The van der Waals surface area contributed by atoms with Crippen LogP contribution < -0.4 is 16.0 Å². The average Bonchev–Trinajstić information content (AvgIpc) is 3.93. The summed E-state index contributed by atoms with van der Waals surface area (Å²) in [6.45, 7) is 11.3. The highest BCUT2D eigenvalue weighted by Gasteiger charge is 2.44. The Morgan fingerprint density at radius 1 is 0.899 bits per heavy atom. The molecule has 3 aromatic carbocycles. The number of ketones is 2. The van der Waals surface area contributed by atoms with Crippen molar-refractivity contribution in [3.63, 3.8) is 0 Å². The first-order valence-electron chi connectivity index (χ1n) is 24.3. The van der Waals surface area contributed by atoms with Gasteiger partial charge in [0.2, 0.25) is 11.8 Å². The van der Waals surface area contributed by atoms with Gasteiger partial charge in [0.25, 0.3) is 0 Å². The lowest BCUT2D eigenvalue weighted by molar-refractivity contribution is -0.146. The maximum absolute atomic E-state index is 14.7. The number of aryl methyl sites for hydroxylation is 1. The molecule has 0 bridgehead atoms. The number of thiazole rings is 1. The molecule has 16 heteroatoms. The molecule has 1 aromatic heterocycles. The Morgan fingerprint density at radius 2 is 1.57 bits per heavy atom. The van der Waals surface area contributed by atoms with Crippen LogP contribution in [0.15, 0.2) is 60.1 Å². The van der Waals surface area contributed by atoms with Crippen molar-refractivity contribution >= 4 is 68.7 Å². The molecule has 1 fully saturated rings. The lowest BCUT2D eigenvalue weighted by Gasteiger charge is -2.35. The number of nitrogens with zero attached hydrogens (tertiary/aromatic N) is 2. The number of aliphatic hydroxyl groups is 1. The average molecular weight is 1090 g/mol. The van der Waals surface area contributed by atoms with Crippen LogP contribution in [0.3, 0.4) is 0 Å².